The Hall–Kier alpha value is -4.11. The zero-order valence-corrected chi connectivity index (χ0v) is 22.3. The SMILES string of the molecule is CCc1cnn2c1-c1cc(C(=O)N[C@@H](Cc3cccc(F)c3)CN3C(=O)c4ccccc4C3=O)sc1CCC2. The summed E-state index contributed by atoms with van der Waals surface area (Å²) in [4.78, 5) is 42.6. The molecule has 9 heteroatoms. The molecule has 2 aliphatic heterocycles. The average molecular weight is 543 g/mol. The molecule has 0 spiro atoms. The Labute approximate surface area is 229 Å². The number of thiophene rings is 1. The molecule has 0 radical (unpaired) electrons. The number of aryl methyl sites for hydroxylation is 3. The van der Waals surface area contributed by atoms with Crippen molar-refractivity contribution in [3.63, 3.8) is 0 Å². The molecular formula is C30H27FN4O3S. The molecular weight excluding hydrogens is 515 g/mol. The fourth-order valence-electron chi connectivity index (χ4n) is 5.47. The molecule has 1 atom stereocenters. The van der Waals surface area contributed by atoms with E-state index in [9.17, 15) is 18.8 Å². The zero-order chi connectivity index (χ0) is 27.1. The van der Waals surface area contributed by atoms with Crippen molar-refractivity contribution in [3.8, 4) is 11.3 Å². The number of imide groups is 1. The van der Waals surface area contributed by atoms with Gasteiger partial charge in [-0.3, -0.25) is 24.0 Å². The maximum Gasteiger partial charge on any atom is 0.261 e. The van der Waals surface area contributed by atoms with Crippen molar-refractivity contribution < 1.29 is 18.8 Å². The van der Waals surface area contributed by atoms with E-state index in [1.165, 1.54) is 28.4 Å². The highest BCUT2D eigenvalue weighted by atomic mass is 32.1. The van der Waals surface area contributed by atoms with Crippen molar-refractivity contribution in [2.75, 3.05) is 6.54 Å². The normalized spacial score (nSPS) is 15.0. The average Bonchev–Trinajstić information content (AvgIpc) is 3.57. The number of halogens is 1. The molecule has 0 saturated carbocycles. The van der Waals surface area contributed by atoms with Gasteiger partial charge < -0.3 is 5.32 Å². The van der Waals surface area contributed by atoms with Crippen LogP contribution in [-0.4, -0.2) is 45.0 Å². The lowest BCUT2D eigenvalue weighted by molar-refractivity contribution is 0.0629. The van der Waals surface area contributed by atoms with E-state index in [1.807, 2.05) is 16.9 Å². The number of nitrogens with zero attached hydrogens (tertiary/aromatic N) is 3. The van der Waals surface area contributed by atoms with Crippen LogP contribution in [0.2, 0.25) is 0 Å². The van der Waals surface area contributed by atoms with Gasteiger partial charge in [0.1, 0.15) is 5.82 Å². The highest BCUT2D eigenvalue weighted by molar-refractivity contribution is 7.14. The predicted molar refractivity (Wildman–Crippen MR) is 146 cm³/mol. The first-order valence-corrected chi connectivity index (χ1v) is 13.9. The number of benzene rings is 2. The number of hydrogen-bond acceptors (Lipinski definition) is 5. The number of nitrogens with one attached hydrogen (secondary N) is 1. The van der Waals surface area contributed by atoms with Gasteiger partial charge in [0.05, 0.1) is 33.9 Å². The Balaban J connectivity index is 1.28. The van der Waals surface area contributed by atoms with Gasteiger partial charge in [0.15, 0.2) is 0 Å². The number of fused-ring (bicyclic) bond motifs is 4. The molecule has 0 aliphatic carbocycles. The summed E-state index contributed by atoms with van der Waals surface area (Å²) in [7, 11) is 0. The van der Waals surface area contributed by atoms with Gasteiger partial charge in [0.2, 0.25) is 0 Å². The fourth-order valence-corrected chi connectivity index (χ4v) is 6.58. The molecule has 39 heavy (non-hydrogen) atoms. The molecule has 4 heterocycles. The molecule has 3 amide bonds. The maximum atomic E-state index is 14.0. The molecule has 6 rings (SSSR count). The van der Waals surface area contributed by atoms with E-state index in [2.05, 4.69) is 17.3 Å². The summed E-state index contributed by atoms with van der Waals surface area (Å²) in [5.41, 5.74) is 4.63. The Morgan fingerprint density at radius 1 is 1.08 bits per heavy atom. The Morgan fingerprint density at radius 2 is 1.85 bits per heavy atom. The molecule has 1 N–H and O–H groups in total. The minimum Gasteiger partial charge on any atom is -0.346 e. The van der Waals surface area contributed by atoms with E-state index < -0.39 is 17.9 Å². The topological polar surface area (TPSA) is 84.3 Å². The van der Waals surface area contributed by atoms with Crippen LogP contribution in [0.15, 0.2) is 60.8 Å². The molecule has 7 nitrogen and oxygen atoms in total. The molecule has 0 bridgehead atoms. The van der Waals surface area contributed by atoms with Crippen LogP contribution in [-0.2, 0) is 25.8 Å². The van der Waals surface area contributed by atoms with Crippen LogP contribution >= 0.6 is 11.3 Å². The van der Waals surface area contributed by atoms with Crippen LogP contribution in [0.4, 0.5) is 4.39 Å². The lowest BCUT2D eigenvalue weighted by Crippen LogP contribution is -2.46. The second kappa shape index (κ2) is 10.2. The van der Waals surface area contributed by atoms with Crippen molar-refractivity contribution in [2.45, 2.75) is 45.2 Å². The summed E-state index contributed by atoms with van der Waals surface area (Å²) in [6.07, 6.45) is 4.81. The Morgan fingerprint density at radius 3 is 2.56 bits per heavy atom. The third kappa shape index (κ3) is 4.67. The van der Waals surface area contributed by atoms with Crippen molar-refractivity contribution in [1.29, 1.82) is 0 Å². The van der Waals surface area contributed by atoms with Gasteiger partial charge in [-0.25, -0.2) is 4.39 Å². The first-order valence-electron chi connectivity index (χ1n) is 13.1. The van der Waals surface area contributed by atoms with Crippen LogP contribution in [0.1, 0.15) is 59.7 Å². The second-order valence-electron chi connectivity index (χ2n) is 9.92. The third-order valence-electron chi connectivity index (χ3n) is 7.35. The van der Waals surface area contributed by atoms with Crippen LogP contribution in [0, 0.1) is 5.82 Å². The molecule has 2 aromatic heterocycles. The third-order valence-corrected chi connectivity index (χ3v) is 8.54. The highest BCUT2D eigenvalue weighted by Crippen LogP contribution is 2.37. The first kappa shape index (κ1) is 25.2. The van der Waals surface area contributed by atoms with Crippen LogP contribution in [0.3, 0.4) is 0 Å². The minimum atomic E-state index is -0.611. The van der Waals surface area contributed by atoms with Gasteiger partial charge >= 0.3 is 0 Å². The second-order valence-corrected chi connectivity index (χ2v) is 11.1. The largest absolute Gasteiger partial charge is 0.346 e. The van der Waals surface area contributed by atoms with Crippen molar-refractivity contribution in [3.05, 3.63) is 98.6 Å². The minimum absolute atomic E-state index is 0.0214. The molecule has 0 unspecified atom stereocenters. The molecule has 198 valence electrons. The van der Waals surface area contributed by atoms with Crippen molar-refractivity contribution >= 4 is 29.1 Å². The summed E-state index contributed by atoms with van der Waals surface area (Å²) in [5, 5.41) is 7.60. The van der Waals surface area contributed by atoms with E-state index in [-0.39, 0.29) is 24.7 Å². The summed E-state index contributed by atoms with van der Waals surface area (Å²) in [5.74, 6) is -1.45. The van der Waals surface area contributed by atoms with Crippen LogP contribution in [0.5, 0.6) is 0 Å². The van der Waals surface area contributed by atoms with Crippen LogP contribution in [0.25, 0.3) is 11.3 Å². The smallest absolute Gasteiger partial charge is 0.261 e. The van der Waals surface area contributed by atoms with Crippen molar-refractivity contribution in [2.24, 2.45) is 0 Å². The van der Waals surface area contributed by atoms with E-state index in [0.717, 1.165) is 47.5 Å². The predicted octanol–water partition coefficient (Wildman–Crippen LogP) is 4.90. The molecule has 0 saturated heterocycles. The number of amides is 3. The number of carbonyl (C=O) groups excluding carboxylic acids is 3. The summed E-state index contributed by atoms with van der Waals surface area (Å²) < 4.78 is 16.0. The van der Waals surface area contributed by atoms with Gasteiger partial charge in [0.25, 0.3) is 17.7 Å². The van der Waals surface area contributed by atoms with Gasteiger partial charge in [0, 0.05) is 23.5 Å². The molecule has 2 aromatic carbocycles. The number of hydrogen-bond donors (Lipinski definition) is 1. The summed E-state index contributed by atoms with van der Waals surface area (Å²) in [6.45, 7) is 2.92. The number of carbonyl (C=O) groups is 3. The molecule has 4 aromatic rings. The monoisotopic (exact) mass is 542 g/mol. The van der Waals surface area contributed by atoms with Gasteiger partial charge in [-0.2, -0.15) is 5.10 Å². The number of rotatable bonds is 7. The van der Waals surface area contributed by atoms with Crippen LogP contribution < -0.4 is 5.32 Å². The van der Waals surface area contributed by atoms with E-state index in [4.69, 9.17) is 0 Å². The highest BCUT2D eigenvalue weighted by Gasteiger charge is 2.37. The standard InChI is InChI=1S/C30H27FN4O3S/c1-2-19-16-32-35-12-6-11-25-24(27(19)35)15-26(39-25)28(36)33-21(14-18-7-5-8-20(31)13-18)17-34-29(37)22-9-3-4-10-23(22)30(34)38/h3-5,7-10,13,15-16,21H,2,6,11-12,14,17H2,1H3,(H,33,36)/t21-/m0/s1. The quantitative estimate of drug-likeness (QED) is 0.337. The fraction of sp³-hybridized carbons (Fsp3) is 0.267. The van der Waals surface area contributed by atoms with E-state index in [0.29, 0.717) is 21.6 Å². The molecule has 0 fully saturated rings. The van der Waals surface area contributed by atoms with E-state index in [1.54, 1.807) is 36.4 Å². The van der Waals surface area contributed by atoms with Gasteiger partial charge in [-0.15, -0.1) is 11.3 Å². The first-order chi connectivity index (χ1) is 18.9. The molecule has 2 aliphatic rings. The Bertz CT molecular complexity index is 1570. The number of aromatic nitrogens is 2. The van der Waals surface area contributed by atoms with E-state index >= 15 is 0 Å². The lowest BCUT2D eigenvalue weighted by Gasteiger charge is -2.24. The lowest BCUT2D eigenvalue weighted by atomic mass is 10.0. The zero-order valence-electron chi connectivity index (χ0n) is 21.4. The van der Waals surface area contributed by atoms with Gasteiger partial charge in [-0.1, -0.05) is 31.2 Å². The Kier molecular flexibility index (Phi) is 6.60. The van der Waals surface area contributed by atoms with Gasteiger partial charge in [-0.05, 0) is 67.1 Å². The maximum absolute atomic E-state index is 14.0. The summed E-state index contributed by atoms with van der Waals surface area (Å²) in [6, 6.07) is 14.1. The van der Waals surface area contributed by atoms with Crippen molar-refractivity contribution in [1.82, 2.24) is 20.0 Å². The summed E-state index contributed by atoms with van der Waals surface area (Å²) >= 11 is 1.47.